The summed E-state index contributed by atoms with van der Waals surface area (Å²) in [5.41, 5.74) is 8.62. The van der Waals surface area contributed by atoms with Crippen molar-refractivity contribution in [3.8, 4) is 0 Å². The molecule has 1 aliphatic rings. The van der Waals surface area contributed by atoms with E-state index in [2.05, 4.69) is 56.2 Å². The number of rotatable bonds is 6. The summed E-state index contributed by atoms with van der Waals surface area (Å²) in [6.07, 6.45) is 5.29. The van der Waals surface area contributed by atoms with Crippen LogP contribution < -0.4 is 31.9 Å². The van der Waals surface area contributed by atoms with Gasteiger partial charge in [-0.2, -0.15) is 0 Å². The maximum atomic E-state index is 10.4. The summed E-state index contributed by atoms with van der Waals surface area (Å²) < 4.78 is 187. The standard InChI is InChI=1S/C22H42N6.6C7H8O3S/c1-2-8-22-20-28-16-6-12-24-10-4-14-26-18-17-25-13-3-9-23-11-5-15-27-19-21(22)7-1;6*1-6-2-4-7(5-3-6)11(8,9)10/h1-2,7-8,23-28H,3-6,9-20H2;6*2-5H,1H3,(H,8,9,10). The molecule has 0 bridgehead atoms. The van der Waals surface area contributed by atoms with E-state index in [1.54, 1.807) is 72.8 Å². The lowest BCUT2D eigenvalue weighted by atomic mass is 10.1. The molecule has 7 aromatic rings. The van der Waals surface area contributed by atoms with Crippen molar-refractivity contribution in [1.82, 2.24) is 0 Å². The second kappa shape index (κ2) is 43.0. The minimum atomic E-state index is -4.27. The lowest BCUT2D eigenvalue weighted by Gasteiger charge is -2.08. The van der Waals surface area contributed by atoms with Crippen molar-refractivity contribution < 1.29 is 110 Å². The molecule has 0 radical (unpaired) electrons. The number of hydrogen-bond donors (Lipinski definition) is 6. The Balaban J connectivity index is 0.000000391. The van der Waals surface area contributed by atoms with Gasteiger partial charge in [-0.3, -0.25) is 0 Å². The molecule has 24 nitrogen and oxygen atoms in total. The van der Waals surface area contributed by atoms with Gasteiger partial charge in [0.05, 0.1) is 81.7 Å². The average molecular weight is 1420 g/mol. The number of aryl methyl sites for hydroxylation is 6. The largest absolute Gasteiger partial charge is 0.744 e. The van der Waals surface area contributed by atoms with Crippen LogP contribution in [0.4, 0.5) is 0 Å². The summed E-state index contributed by atoms with van der Waals surface area (Å²) in [5, 5.41) is 15.0. The normalized spacial score (nSPS) is 14.4. The lowest BCUT2D eigenvalue weighted by Crippen LogP contribution is -2.96. The zero-order valence-corrected chi connectivity index (χ0v) is 58.6. The van der Waals surface area contributed by atoms with Gasteiger partial charge in [-0.05, 0) is 114 Å². The molecule has 0 atom stereocenters. The Morgan fingerprint density at radius 3 is 0.532 bits per heavy atom. The molecule has 0 aromatic heterocycles. The van der Waals surface area contributed by atoms with Crippen LogP contribution in [0.2, 0.25) is 0 Å². The van der Waals surface area contributed by atoms with Gasteiger partial charge in [0, 0.05) is 36.8 Å². The molecule has 8 rings (SSSR count). The van der Waals surface area contributed by atoms with Crippen molar-refractivity contribution in [2.75, 3.05) is 65.4 Å². The predicted octanol–water partition coefficient (Wildman–Crippen LogP) is 0.0357. The zero-order chi connectivity index (χ0) is 70.4. The van der Waals surface area contributed by atoms with Gasteiger partial charge in [0.2, 0.25) is 0 Å². The highest BCUT2D eigenvalue weighted by atomic mass is 32.2. The number of nitrogens with two attached hydrogens (primary N) is 6. The van der Waals surface area contributed by atoms with E-state index in [-0.39, 0.29) is 29.4 Å². The number of fused-ring (bicyclic) bond motifs is 1. The van der Waals surface area contributed by atoms with Gasteiger partial charge in [0.15, 0.2) is 0 Å². The lowest BCUT2D eigenvalue weighted by molar-refractivity contribution is -0.732. The fourth-order valence-electron chi connectivity index (χ4n) is 8.14. The fourth-order valence-corrected chi connectivity index (χ4v) is 11.0. The Morgan fingerprint density at radius 1 is 0.223 bits per heavy atom. The van der Waals surface area contributed by atoms with Gasteiger partial charge in [-0.1, -0.05) is 130 Å². The Kier molecular flexibility index (Phi) is 38.4. The molecule has 0 fully saturated rings. The Bertz CT molecular complexity index is 3390. The highest BCUT2D eigenvalue weighted by molar-refractivity contribution is 7.87. The van der Waals surface area contributed by atoms with Crippen LogP contribution in [0, 0.1) is 41.5 Å². The third-order valence-corrected chi connectivity index (χ3v) is 18.6. The minimum Gasteiger partial charge on any atom is -0.744 e. The van der Waals surface area contributed by atoms with Crippen LogP contribution in [0.1, 0.15) is 70.2 Å². The molecule has 0 saturated carbocycles. The van der Waals surface area contributed by atoms with Crippen LogP contribution in [-0.4, -0.2) is 143 Å². The third-order valence-electron chi connectivity index (χ3n) is 13.5. The van der Waals surface area contributed by atoms with E-state index in [1.807, 2.05) is 41.5 Å². The van der Waals surface area contributed by atoms with Crippen molar-refractivity contribution >= 4 is 60.7 Å². The van der Waals surface area contributed by atoms with Crippen molar-refractivity contribution in [3.63, 3.8) is 0 Å². The summed E-state index contributed by atoms with van der Waals surface area (Å²) >= 11 is 0. The molecule has 0 amide bonds. The SMILES string of the molecule is Cc1ccc(S(=O)(=O)[O-])cc1.Cc1ccc(S(=O)(=O)[O-])cc1.Cc1ccc(S(=O)(=O)[O-])cc1.Cc1ccc(S(=O)(=O)[O-])cc1.Cc1ccc(S(=O)(=O)[O-])cc1.Cc1ccc(S(=O)(=O)[O-])cc1.c1ccc2c(c1)C[NH2+]CCC[NH2+]CCC[NH2+]CC[NH2+]CCC[NH2+]CCC[NH2+]C2. The van der Waals surface area contributed by atoms with E-state index in [0.717, 1.165) is 46.5 Å². The summed E-state index contributed by atoms with van der Waals surface area (Å²) in [5.74, 6) is 0. The molecule has 0 spiro atoms. The Labute approximate surface area is 556 Å². The van der Waals surface area contributed by atoms with Crippen molar-refractivity contribution in [2.24, 2.45) is 0 Å². The molecular formula is C64H90N6O18S6. The number of hydrogen-bond acceptors (Lipinski definition) is 18. The van der Waals surface area contributed by atoms with Crippen LogP contribution in [0.15, 0.2) is 199 Å². The molecule has 94 heavy (non-hydrogen) atoms. The average Bonchev–Trinajstić information content (AvgIpc) is 1.16. The Morgan fingerprint density at radius 2 is 0.372 bits per heavy atom. The van der Waals surface area contributed by atoms with E-state index in [1.165, 1.54) is 175 Å². The predicted molar refractivity (Wildman–Crippen MR) is 347 cm³/mol. The van der Waals surface area contributed by atoms with Crippen molar-refractivity contribution in [3.05, 3.63) is 214 Å². The van der Waals surface area contributed by atoms with Crippen LogP contribution in [0.3, 0.4) is 0 Å². The van der Waals surface area contributed by atoms with Gasteiger partial charge in [-0.15, -0.1) is 0 Å². The molecule has 0 unspecified atom stereocenters. The van der Waals surface area contributed by atoms with Crippen LogP contribution in [0.5, 0.6) is 0 Å². The van der Waals surface area contributed by atoms with Gasteiger partial charge >= 0.3 is 0 Å². The molecule has 0 saturated heterocycles. The van der Waals surface area contributed by atoms with Crippen molar-refractivity contribution in [1.29, 1.82) is 0 Å². The Hall–Kier alpha value is -6.24. The topological polar surface area (TPSA) is 443 Å². The minimum absolute atomic E-state index is 0.178. The second-order valence-electron chi connectivity index (χ2n) is 21.8. The monoisotopic (exact) mass is 1420 g/mol. The maximum Gasteiger partial charge on any atom is 0.125 e. The van der Waals surface area contributed by atoms with Gasteiger partial charge in [-0.25, -0.2) is 50.5 Å². The second-order valence-corrected chi connectivity index (χ2v) is 30.1. The highest BCUT2D eigenvalue weighted by Gasteiger charge is 2.08. The number of benzene rings is 7. The van der Waals surface area contributed by atoms with E-state index >= 15 is 0 Å². The number of quaternary nitrogens is 6. The van der Waals surface area contributed by atoms with E-state index in [4.69, 9.17) is 0 Å². The fraction of sp³-hybridized carbons (Fsp3) is 0.344. The summed E-state index contributed by atoms with van der Waals surface area (Å²) in [7, 11) is -25.6. The first-order valence-corrected chi connectivity index (χ1v) is 38.5. The first-order chi connectivity index (χ1) is 44.0. The van der Waals surface area contributed by atoms with E-state index in [0.29, 0.717) is 0 Å². The first-order valence-electron chi connectivity index (χ1n) is 30.1. The molecule has 12 N–H and O–H groups in total. The molecule has 1 heterocycles. The highest BCUT2D eigenvalue weighted by Crippen LogP contribution is 2.13. The molecule has 1 aliphatic heterocycles. The molecular weight excluding hydrogens is 1330 g/mol. The van der Waals surface area contributed by atoms with Crippen LogP contribution in [-0.2, 0) is 73.8 Å². The van der Waals surface area contributed by atoms with Gasteiger partial charge in [0.1, 0.15) is 86.9 Å². The summed E-state index contributed by atoms with van der Waals surface area (Å²) in [6.45, 7) is 25.9. The van der Waals surface area contributed by atoms with Crippen LogP contribution >= 0.6 is 0 Å². The smallest absolute Gasteiger partial charge is 0.125 e. The maximum absolute atomic E-state index is 10.4. The molecule has 520 valence electrons. The zero-order valence-electron chi connectivity index (χ0n) is 53.7. The molecule has 7 aromatic carbocycles. The molecule has 30 heteroatoms. The summed E-state index contributed by atoms with van der Waals surface area (Å²) in [6, 6.07) is 43.7. The van der Waals surface area contributed by atoms with Crippen LogP contribution in [0.25, 0.3) is 0 Å². The molecule has 0 aliphatic carbocycles. The third kappa shape index (κ3) is 39.0. The summed E-state index contributed by atoms with van der Waals surface area (Å²) in [4.78, 5) is -1.07. The van der Waals surface area contributed by atoms with Gasteiger partial charge in [0.25, 0.3) is 0 Å². The quantitative estimate of drug-likeness (QED) is 0.120. The van der Waals surface area contributed by atoms with Gasteiger partial charge < -0.3 is 59.2 Å². The van der Waals surface area contributed by atoms with E-state index in [9.17, 15) is 77.8 Å². The first kappa shape index (κ1) is 83.8. The van der Waals surface area contributed by atoms with E-state index < -0.39 is 60.7 Å². The van der Waals surface area contributed by atoms with Crippen molar-refractivity contribution in [2.45, 2.75) is 110 Å².